The highest BCUT2D eigenvalue weighted by atomic mass is 35.5. The number of anilines is 1. The van der Waals surface area contributed by atoms with Gasteiger partial charge in [0.25, 0.3) is 5.91 Å². The molecule has 1 fully saturated rings. The first kappa shape index (κ1) is 21.2. The summed E-state index contributed by atoms with van der Waals surface area (Å²) in [7, 11) is 0. The van der Waals surface area contributed by atoms with Gasteiger partial charge >= 0.3 is 0 Å². The Labute approximate surface area is 179 Å². The molecule has 1 amide bonds. The normalized spacial score (nSPS) is 14.9. The molecule has 0 aromatic heterocycles. The van der Waals surface area contributed by atoms with Gasteiger partial charge in [0, 0.05) is 54.2 Å². The lowest BCUT2D eigenvalue weighted by molar-refractivity contribution is 0.0980. The number of hydrogen-bond donors (Lipinski definition) is 1. The van der Waals surface area contributed by atoms with Crippen molar-refractivity contribution in [2.24, 2.45) is 0 Å². The highest BCUT2D eigenvalue weighted by Crippen LogP contribution is 2.24. The van der Waals surface area contributed by atoms with Crippen molar-refractivity contribution in [3.63, 3.8) is 0 Å². The third kappa shape index (κ3) is 5.32. The molecule has 1 N–H and O–H groups in total. The Bertz CT molecular complexity index is 827. The number of hydrogen-bond acceptors (Lipinski definition) is 4. The molecule has 0 bridgehead atoms. The molecule has 1 aliphatic heterocycles. The van der Waals surface area contributed by atoms with Crippen LogP contribution in [0.15, 0.2) is 36.4 Å². The predicted molar refractivity (Wildman–Crippen MR) is 116 cm³/mol. The molecule has 1 saturated heterocycles. The van der Waals surface area contributed by atoms with Gasteiger partial charge in [0.2, 0.25) is 0 Å². The third-order valence-electron chi connectivity index (χ3n) is 4.65. The maximum atomic E-state index is 14.4. The summed E-state index contributed by atoms with van der Waals surface area (Å²) in [5, 5.41) is 1.14. The molecule has 0 radical (unpaired) electrons. The van der Waals surface area contributed by atoms with Crippen LogP contribution < -0.4 is 9.62 Å². The second kappa shape index (κ2) is 9.83. The SMILES string of the molecule is CCSNC(=O)c1cc(Cl)c(CN2CCN(c3ccc(Cl)cc3)CC2)cc1F. The number of nitrogens with one attached hydrogen (secondary N) is 1. The highest BCUT2D eigenvalue weighted by Gasteiger charge is 2.20. The lowest BCUT2D eigenvalue weighted by Crippen LogP contribution is -2.46. The smallest absolute Gasteiger partial charge is 0.264 e. The quantitative estimate of drug-likeness (QED) is 0.649. The van der Waals surface area contributed by atoms with Crippen LogP contribution in [0.5, 0.6) is 0 Å². The number of benzene rings is 2. The maximum Gasteiger partial charge on any atom is 0.264 e. The molecule has 2 aromatic rings. The van der Waals surface area contributed by atoms with Gasteiger partial charge in [-0.2, -0.15) is 0 Å². The van der Waals surface area contributed by atoms with E-state index in [4.69, 9.17) is 23.2 Å². The van der Waals surface area contributed by atoms with Crippen LogP contribution in [0, 0.1) is 5.82 Å². The van der Waals surface area contributed by atoms with E-state index < -0.39 is 11.7 Å². The standard InChI is InChI=1S/C20H22Cl2FN3OS/c1-2-28-24-20(27)17-12-18(22)14(11-19(17)23)13-25-7-9-26(10-8-25)16-5-3-15(21)4-6-16/h3-6,11-12H,2,7-10,13H2,1H3,(H,24,27). The van der Waals surface area contributed by atoms with Crippen molar-refractivity contribution in [1.82, 2.24) is 9.62 Å². The first-order chi connectivity index (χ1) is 13.5. The minimum Gasteiger partial charge on any atom is -0.369 e. The van der Waals surface area contributed by atoms with E-state index in [1.54, 1.807) is 0 Å². The molecule has 150 valence electrons. The Hall–Kier alpha value is -1.47. The summed E-state index contributed by atoms with van der Waals surface area (Å²) >= 11 is 13.5. The van der Waals surface area contributed by atoms with Crippen molar-refractivity contribution in [1.29, 1.82) is 0 Å². The lowest BCUT2D eigenvalue weighted by Gasteiger charge is -2.36. The van der Waals surface area contributed by atoms with E-state index in [1.165, 1.54) is 24.1 Å². The summed E-state index contributed by atoms with van der Waals surface area (Å²) in [6, 6.07) is 10.6. The van der Waals surface area contributed by atoms with Crippen molar-refractivity contribution >= 4 is 46.7 Å². The molecule has 0 spiro atoms. The first-order valence-electron chi connectivity index (χ1n) is 9.11. The largest absolute Gasteiger partial charge is 0.369 e. The van der Waals surface area contributed by atoms with Crippen molar-refractivity contribution < 1.29 is 9.18 Å². The van der Waals surface area contributed by atoms with Crippen LogP contribution in [0.25, 0.3) is 0 Å². The molecule has 4 nitrogen and oxygen atoms in total. The minimum atomic E-state index is -0.548. The average molecular weight is 442 g/mol. The Kier molecular flexibility index (Phi) is 7.46. The molecule has 2 aromatic carbocycles. The van der Waals surface area contributed by atoms with E-state index in [2.05, 4.69) is 14.5 Å². The molecule has 28 heavy (non-hydrogen) atoms. The van der Waals surface area contributed by atoms with E-state index in [-0.39, 0.29) is 5.56 Å². The van der Waals surface area contributed by atoms with Gasteiger partial charge in [0.05, 0.1) is 5.56 Å². The molecular weight excluding hydrogens is 420 g/mol. The molecule has 0 saturated carbocycles. The van der Waals surface area contributed by atoms with Gasteiger partial charge in [0.1, 0.15) is 5.82 Å². The zero-order valence-corrected chi connectivity index (χ0v) is 17.9. The van der Waals surface area contributed by atoms with Crippen molar-refractivity contribution in [3.8, 4) is 0 Å². The van der Waals surface area contributed by atoms with Crippen LogP contribution >= 0.6 is 35.1 Å². The van der Waals surface area contributed by atoms with E-state index in [1.807, 2.05) is 31.2 Å². The number of piperazine rings is 1. The van der Waals surface area contributed by atoms with E-state index >= 15 is 0 Å². The summed E-state index contributed by atoms with van der Waals surface area (Å²) in [6.45, 7) is 5.89. The van der Waals surface area contributed by atoms with Gasteiger partial charge in [-0.3, -0.25) is 14.4 Å². The van der Waals surface area contributed by atoms with Crippen LogP contribution in [0.3, 0.4) is 0 Å². The number of amides is 1. The zero-order valence-electron chi connectivity index (χ0n) is 15.6. The van der Waals surface area contributed by atoms with Crippen molar-refractivity contribution in [2.75, 3.05) is 36.8 Å². The van der Waals surface area contributed by atoms with E-state index in [9.17, 15) is 9.18 Å². The van der Waals surface area contributed by atoms with Gasteiger partial charge in [-0.1, -0.05) is 42.1 Å². The molecule has 0 atom stereocenters. The molecule has 3 rings (SSSR count). The Morgan fingerprint density at radius 3 is 2.46 bits per heavy atom. The summed E-state index contributed by atoms with van der Waals surface area (Å²) in [4.78, 5) is 16.6. The third-order valence-corrected chi connectivity index (χ3v) is 5.87. The summed E-state index contributed by atoms with van der Waals surface area (Å²) in [6.07, 6.45) is 0. The van der Waals surface area contributed by atoms with Crippen LogP contribution in [-0.4, -0.2) is 42.7 Å². The summed E-state index contributed by atoms with van der Waals surface area (Å²) in [5.74, 6) is -0.302. The zero-order chi connectivity index (χ0) is 20.1. The monoisotopic (exact) mass is 441 g/mol. The second-order valence-electron chi connectivity index (χ2n) is 6.53. The van der Waals surface area contributed by atoms with Crippen molar-refractivity contribution in [3.05, 3.63) is 63.4 Å². The molecule has 0 unspecified atom stereocenters. The Morgan fingerprint density at radius 1 is 1.14 bits per heavy atom. The molecule has 8 heteroatoms. The minimum absolute atomic E-state index is 0.0257. The van der Waals surface area contributed by atoms with E-state index in [0.717, 1.165) is 36.9 Å². The highest BCUT2D eigenvalue weighted by molar-refractivity contribution is 7.97. The first-order valence-corrected chi connectivity index (χ1v) is 10.8. The molecule has 1 aliphatic rings. The molecular formula is C20H22Cl2FN3OS. The van der Waals surface area contributed by atoms with E-state index in [0.29, 0.717) is 22.9 Å². The second-order valence-corrected chi connectivity index (χ2v) is 8.44. The van der Waals surface area contributed by atoms with Gasteiger partial charge in [0.15, 0.2) is 0 Å². The number of halogens is 3. The fourth-order valence-electron chi connectivity index (χ4n) is 3.13. The van der Waals surface area contributed by atoms with Crippen LogP contribution in [0.4, 0.5) is 10.1 Å². The number of carbonyl (C=O) groups is 1. The number of nitrogens with zero attached hydrogens (tertiary/aromatic N) is 2. The van der Waals surface area contributed by atoms with Gasteiger partial charge < -0.3 is 4.90 Å². The summed E-state index contributed by atoms with van der Waals surface area (Å²) < 4.78 is 17.0. The number of carbonyl (C=O) groups excluding carboxylic acids is 1. The Balaban J connectivity index is 1.61. The fourth-order valence-corrected chi connectivity index (χ4v) is 3.87. The Morgan fingerprint density at radius 2 is 1.82 bits per heavy atom. The lowest BCUT2D eigenvalue weighted by atomic mass is 10.1. The maximum absolute atomic E-state index is 14.4. The van der Waals surface area contributed by atoms with Gasteiger partial charge in [-0.15, -0.1) is 0 Å². The molecule has 0 aliphatic carbocycles. The van der Waals surface area contributed by atoms with Gasteiger partial charge in [-0.05, 0) is 42.0 Å². The predicted octanol–water partition coefficient (Wildman–Crippen LogP) is 4.85. The topological polar surface area (TPSA) is 35.6 Å². The summed E-state index contributed by atoms with van der Waals surface area (Å²) in [5.41, 5.74) is 1.81. The fraction of sp³-hybridized carbons (Fsp3) is 0.350. The average Bonchev–Trinajstić information content (AvgIpc) is 2.70. The molecule has 1 heterocycles. The van der Waals surface area contributed by atoms with Crippen molar-refractivity contribution in [2.45, 2.75) is 13.5 Å². The van der Waals surface area contributed by atoms with Gasteiger partial charge in [-0.25, -0.2) is 4.39 Å². The van der Waals surface area contributed by atoms with Crippen LogP contribution in [0.2, 0.25) is 10.0 Å². The number of rotatable bonds is 6. The van der Waals surface area contributed by atoms with Crippen LogP contribution in [0.1, 0.15) is 22.8 Å². The van der Waals surface area contributed by atoms with Crippen LogP contribution in [-0.2, 0) is 6.54 Å².